The summed E-state index contributed by atoms with van der Waals surface area (Å²) in [6.07, 6.45) is 3.48. The molecule has 108 valence electrons. The van der Waals surface area contributed by atoms with Crippen LogP contribution in [0.15, 0.2) is 41.7 Å². The van der Waals surface area contributed by atoms with Crippen molar-refractivity contribution < 1.29 is 4.79 Å². The molecule has 1 aromatic carbocycles. The molecule has 2 N–H and O–H groups in total. The molecule has 0 unspecified atom stereocenters. The Balaban J connectivity index is 1.60. The van der Waals surface area contributed by atoms with E-state index in [1.807, 2.05) is 19.2 Å². The molecule has 2 aromatic heterocycles. The lowest BCUT2D eigenvalue weighted by atomic mass is 10.2. The van der Waals surface area contributed by atoms with Crippen molar-refractivity contribution >= 4 is 28.6 Å². The van der Waals surface area contributed by atoms with Crippen molar-refractivity contribution in [2.24, 2.45) is 7.05 Å². The van der Waals surface area contributed by atoms with Gasteiger partial charge in [-0.1, -0.05) is 18.2 Å². The smallest absolute Gasteiger partial charge is 0.230 e. The molecule has 7 heteroatoms. The van der Waals surface area contributed by atoms with Gasteiger partial charge in [-0.25, -0.2) is 4.98 Å². The number of para-hydroxylation sites is 1. The maximum absolute atomic E-state index is 11.9. The molecule has 0 saturated heterocycles. The minimum atomic E-state index is -0.0238. The first-order valence-corrected chi connectivity index (χ1v) is 7.50. The first-order chi connectivity index (χ1) is 10.2. The monoisotopic (exact) mass is 301 g/mol. The van der Waals surface area contributed by atoms with E-state index >= 15 is 0 Å². The number of nitrogens with zero attached hydrogens (tertiary/aromatic N) is 3. The summed E-state index contributed by atoms with van der Waals surface area (Å²) in [6.45, 7) is 0.370. The molecule has 0 aliphatic heterocycles. The highest BCUT2D eigenvalue weighted by atomic mass is 32.2. The fraction of sp³-hybridized carbons (Fsp3) is 0.214. The number of amides is 1. The van der Waals surface area contributed by atoms with E-state index in [1.165, 1.54) is 29.0 Å². The van der Waals surface area contributed by atoms with Crippen LogP contribution in [-0.2, 0) is 18.4 Å². The first-order valence-electron chi connectivity index (χ1n) is 6.52. The number of hydrogen-bond donors (Lipinski definition) is 2. The number of benzene rings is 1. The first kappa shape index (κ1) is 13.7. The zero-order valence-electron chi connectivity index (χ0n) is 11.5. The van der Waals surface area contributed by atoms with Gasteiger partial charge >= 0.3 is 0 Å². The summed E-state index contributed by atoms with van der Waals surface area (Å²) in [5, 5.41) is 10.4. The Morgan fingerprint density at radius 2 is 2.29 bits per heavy atom. The number of fused-ring (bicyclic) bond motifs is 1. The fourth-order valence-electron chi connectivity index (χ4n) is 2.11. The van der Waals surface area contributed by atoms with Gasteiger partial charge in [0, 0.05) is 29.0 Å². The second-order valence-corrected chi connectivity index (χ2v) is 5.64. The van der Waals surface area contributed by atoms with Crippen molar-refractivity contribution in [2.75, 3.05) is 5.75 Å². The summed E-state index contributed by atoms with van der Waals surface area (Å²) in [5.74, 6) is 1.00. The van der Waals surface area contributed by atoms with Crippen LogP contribution >= 0.6 is 11.8 Å². The predicted octanol–water partition coefficient (Wildman–Crippen LogP) is 1.70. The van der Waals surface area contributed by atoms with E-state index in [2.05, 4.69) is 43.4 Å². The fourth-order valence-corrected chi connectivity index (χ4v) is 3.06. The van der Waals surface area contributed by atoms with Crippen LogP contribution in [0.3, 0.4) is 0 Å². The molecule has 1 amide bonds. The zero-order chi connectivity index (χ0) is 14.7. The van der Waals surface area contributed by atoms with Crippen LogP contribution in [0.5, 0.6) is 0 Å². The maximum atomic E-state index is 11.9. The number of rotatable bonds is 5. The maximum Gasteiger partial charge on any atom is 0.230 e. The normalized spacial score (nSPS) is 10.9. The van der Waals surface area contributed by atoms with E-state index in [0.29, 0.717) is 18.1 Å². The molecule has 3 rings (SSSR count). The lowest BCUT2D eigenvalue weighted by Gasteiger charge is -2.02. The molecule has 0 aliphatic carbocycles. The summed E-state index contributed by atoms with van der Waals surface area (Å²) >= 11 is 1.54. The van der Waals surface area contributed by atoms with Gasteiger partial charge in [0.05, 0.1) is 12.3 Å². The minimum absolute atomic E-state index is 0.0238. The van der Waals surface area contributed by atoms with Crippen LogP contribution in [0.4, 0.5) is 0 Å². The largest absolute Gasteiger partial charge is 0.349 e. The van der Waals surface area contributed by atoms with Crippen LogP contribution in [0.2, 0.25) is 0 Å². The Hall–Kier alpha value is -2.28. The molecule has 0 fully saturated rings. The Morgan fingerprint density at radius 3 is 3.10 bits per heavy atom. The van der Waals surface area contributed by atoms with Crippen molar-refractivity contribution in [3.8, 4) is 0 Å². The molecule has 0 aliphatic rings. The van der Waals surface area contributed by atoms with Crippen molar-refractivity contribution in [3.05, 3.63) is 42.6 Å². The second kappa shape index (κ2) is 6.01. The van der Waals surface area contributed by atoms with Crippen LogP contribution in [0, 0.1) is 0 Å². The van der Waals surface area contributed by atoms with Crippen molar-refractivity contribution in [1.29, 1.82) is 0 Å². The Morgan fingerprint density at radius 1 is 1.43 bits per heavy atom. The standard InChI is InChI=1S/C14H15N5OS/c1-19-7-12(10-4-2-3-5-11(10)19)21-8-14(20)15-6-13-16-9-17-18-13/h2-5,7,9H,6,8H2,1H3,(H,15,20)(H,16,17,18). The predicted molar refractivity (Wildman–Crippen MR) is 81.9 cm³/mol. The number of aryl methyl sites for hydroxylation is 1. The summed E-state index contributed by atoms with van der Waals surface area (Å²) < 4.78 is 2.07. The molecule has 3 aromatic rings. The molecule has 2 heterocycles. The highest BCUT2D eigenvalue weighted by Gasteiger charge is 2.09. The number of hydrogen-bond acceptors (Lipinski definition) is 4. The van der Waals surface area contributed by atoms with Gasteiger partial charge < -0.3 is 9.88 Å². The number of carbonyl (C=O) groups excluding carboxylic acids is 1. The van der Waals surface area contributed by atoms with Crippen LogP contribution < -0.4 is 5.32 Å². The highest BCUT2D eigenvalue weighted by molar-refractivity contribution is 8.00. The minimum Gasteiger partial charge on any atom is -0.349 e. The van der Waals surface area contributed by atoms with Gasteiger partial charge in [0.2, 0.25) is 5.91 Å². The second-order valence-electron chi connectivity index (χ2n) is 4.62. The lowest BCUT2D eigenvalue weighted by molar-refractivity contribution is -0.118. The summed E-state index contributed by atoms with van der Waals surface area (Å²) in [6, 6.07) is 8.17. The Labute approximate surface area is 126 Å². The van der Waals surface area contributed by atoms with E-state index in [1.54, 1.807) is 0 Å². The van der Waals surface area contributed by atoms with Gasteiger partial charge in [-0.05, 0) is 6.07 Å². The zero-order valence-corrected chi connectivity index (χ0v) is 12.4. The highest BCUT2D eigenvalue weighted by Crippen LogP contribution is 2.29. The van der Waals surface area contributed by atoms with E-state index in [-0.39, 0.29) is 5.91 Å². The van der Waals surface area contributed by atoms with Gasteiger partial charge in [0.25, 0.3) is 0 Å². The summed E-state index contributed by atoms with van der Waals surface area (Å²) in [4.78, 5) is 16.9. The molecular weight excluding hydrogens is 286 g/mol. The van der Waals surface area contributed by atoms with Crippen LogP contribution in [0.25, 0.3) is 10.9 Å². The number of thioether (sulfide) groups is 1. The van der Waals surface area contributed by atoms with Crippen molar-refractivity contribution in [1.82, 2.24) is 25.1 Å². The molecule has 0 atom stereocenters. The average Bonchev–Trinajstić information content (AvgIpc) is 3.12. The van der Waals surface area contributed by atoms with E-state index in [0.717, 1.165) is 4.90 Å². The summed E-state index contributed by atoms with van der Waals surface area (Å²) in [5.41, 5.74) is 1.17. The van der Waals surface area contributed by atoms with Gasteiger partial charge in [0.15, 0.2) is 0 Å². The van der Waals surface area contributed by atoms with Gasteiger partial charge in [-0.15, -0.1) is 11.8 Å². The van der Waals surface area contributed by atoms with Gasteiger partial charge in [-0.3, -0.25) is 9.89 Å². The third-order valence-corrected chi connectivity index (χ3v) is 4.18. The van der Waals surface area contributed by atoms with Crippen LogP contribution in [0.1, 0.15) is 5.82 Å². The lowest BCUT2D eigenvalue weighted by Crippen LogP contribution is -2.25. The molecule has 21 heavy (non-hydrogen) atoms. The Kier molecular flexibility index (Phi) is 3.92. The number of aromatic nitrogens is 4. The molecule has 0 spiro atoms. The SMILES string of the molecule is Cn1cc(SCC(=O)NCc2ncn[nH]2)c2ccccc21. The van der Waals surface area contributed by atoms with E-state index < -0.39 is 0 Å². The van der Waals surface area contributed by atoms with Crippen molar-refractivity contribution in [2.45, 2.75) is 11.4 Å². The van der Waals surface area contributed by atoms with E-state index in [9.17, 15) is 4.79 Å². The quantitative estimate of drug-likeness (QED) is 0.703. The molecule has 0 radical (unpaired) electrons. The average molecular weight is 301 g/mol. The number of carbonyl (C=O) groups is 1. The number of aromatic amines is 1. The molecule has 0 saturated carbocycles. The molecule has 0 bridgehead atoms. The third-order valence-electron chi connectivity index (χ3n) is 3.14. The molecular formula is C14H15N5OS. The summed E-state index contributed by atoms with van der Waals surface area (Å²) in [7, 11) is 2.01. The number of H-pyrrole nitrogens is 1. The topological polar surface area (TPSA) is 75.6 Å². The molecule has 6 nitrogen and oxygen atoms in total. The third kappa shape index (κ3) is 3.08. The van der Waals surface area contributed by atoms with Gasteiger partial charge in [-0.2, -0.15) is 5.10 Å². The van der Waals surface area contributed by atoms with Gasteiger partial charge in [0.1, 0.15) is 12.2 Å². The Bertz CT molecular complexity index is 750. The van der Waals surface area contributed by atoms with Crippen LogP contribution in [-0.4, -0.2) is 31.4 Å². The van der Waals surface area contributed by atoms with Crippen molar-refractivity contribution in [3.63, 3.8) is 0 Å². The number of nitrogens with one attached hydrogen (secondary N) is 2. The van der Waals surface area contributed by atoms with E-state index in [4.69, 9.17) is 0 Å².